The molecule has 1 aliphatic heterocycles. The molecule has 0 spiro atoms. The van der Waals surface area contributed by atoms with Crippen LogP contribution in [0.1, 0.15) is 41.5 Å². The third-order valence-electron chi connectivity index (χ3n) is 3.58. The van der Waals surface area contributed by atoms with E-state index in [1.807, 2.05) is 0 Å². The van der Waals surface area contributed by atoms with Gasteiger partial charge in [-0.05, 0) is 38.6 Å². The van der Waals surface area contributed by atoms with E-state index in [2.05, 4.69) is 22.0 Å². The molecule has 2 aromatic rings. The van der Waals surface area contributed by atoms with Gasteiger partial charge in [-0.1, -0.05) is 6.42 Å². The maximum absolute atomic E-state index is 10.7. The summed E-state index contributed by atoms with van der Waals surface area (Å²) in [5.74, 6) is 0.861. The van der Waals surface area contributed by atoms with Crippen molar-refractivity contribution < 1.29 is 4.79 Å². The summed E-state index contributed by atoms with van der Waals surface area (Å²) in [6.45, 7) is 1.10. The summed E-state index contributed by atoms with van der Waals surface area (Å²) in [4.78, 5) is 17.6. The van der Waals surface area contributed by atoms with Crippen molar-refractivity contribution in [3.63, 3.8) is 0 Å². The number of rotatable bonds is 2. The third kappa shape index (κ3) is 1.90. The number of nitrogens with zero attached hydrogens (tertiary/aromatic N) is 4. The minimum absolute atomic E-state index is 0.304. The molecule has 0 aromatic carbocycles. The lowest BCUT2D eigenvalue weighted by Gasteiger charge is -2.30. The first-order valence-corrected chi connectivity index (χ1v) is 6.29. The van der Waals surface area contributed by atoms with Gasteiger partial charge in [0.15, 0.2) is 11.5 Å². The molecule has 1 fully saturated rings. The number of likely N-dealkylation sites (tertiary alicyclic amines) is 1. The lowest BCUT2D eigenvalue weighted by atomic mass is 10.0. The molecular weight excluding hydrogens is 228 g/mol. The Morgan fingerprint density at radius 3 is 3.11 bits per heavy atom. The van der Waals surface area contributed by atoms with Crippen molar-refractivity contribution in [3.05, 3.63) is 29.7 Å². The van der Waals surface area contributed by atoms with Gasteiger partial charge in [0.25, 0.3) is 0 Å². The Morgan fingerprint density at radius 1 is 1.44 bits per heavy atom. The summed E-state index contributed by atoms with van der Waals surface area (Å²) in [7, 11) is 2.12. The van der Waals surface area contributed by atoms with Gasteiger partial charge in [0.1, 0.15) is 6.29 Å². The second-order valence-corrected chi connectivity index (χ2v) is 4.84. The van der Waals surface area contributed by atoms with Crippen molar-refractivity contribution in [1.29, 1.82) is 0 Å². The Kier molecular flexibility index (Phi) is 2.83. The Bertz CT molecular complexity index is 577. The molecule has 1 saturated heterocycles. The highest BCUT2D eigenvalue weighted by Gasteiger charge is 2.24. The van der Waals surface area contributed by atoms with Crippen LogP contribution in [0.2, 0.25) is 0 Å². The predicted octanol–water partition coefficient (Wildman–Crippen LogP) is 1.70. The zero-order chi connectivity index (χ0) is 12.5. The van der Waals surface area contributed by atoms with E-state index in [4.69, 9.17) is 0 Å². The molecule has 18 heavy (non-hydrogen) atoms. The quantitative estimate of drug-likeness (QED) is 0.754. The average Bonchev–Trinajstić information content (AvgIpc) is 2.81. The molecule has 2 aromatic heterocycles. The number of aldehydes is 1. The summed E-state index contributed by atoms with van der Waals surface area (Å²) < 4.78 is 1.74. The van der Waals surface area contributed by atoms with Crippen molar-refractivity contribution >= 4 is 11.9 Å². The lowest BCUT2D eigenvalue weighted by Crippen LogP contribution is -2.30. The molecular formula is C13H16N4O. The van der Waals surface area contributed by atoms with Gasteiger partial charge in [0, 0.05) is 11.8 Å². The monoisotopic (exact) mass is 244 g/mol. The van der Waals surface area contributed by atoms with Gasteiger partial charge in [-0.25, -0.2) is 9.50 Å². The number of hydrogen-bond donors (Lipinski definition) is 0. The molecule has 0 N–H and O–H groups in total. The van der Waals surface area contributed by atoms with Crippen LogP contribution in [0.3, 0.4) is 0 Å². The summed E-state index contributed by atoms with van der Waals surface area (Å²) in [6.07, 6.45) is 6.20. The molecule has 94 valence electrons. The summed E-state index contributed by atoms with van der Waals surface area (Å²) in [5.41, 5.74) is 1.38. The molecule has 0 amide bonds. The van der Waals surface area contributed by atoms with Gasteiger partial charge >= 0.3 is 0 Å². The van der Waals surface area contributed by atoms with Crippen LogP contribution in [0.5, 0.6) is 0 Å². The molecule has 3 heterocycles. The fourth-order valence-electron chi connectivity index (χ4n) is 2.53. The van der Waals surface area contributed by atoms with Crippen LogP contribution >= 0.6 is 0 Å². The van der Waals surface area contributed by atoms with Crippen LogP contribution in [-0.2, 0) is 0 Å². The lowest BCUT2D eigenvalue weighted by molar-refractivity contribution is 0.112. The smallest absolute Gasteiger partial charge is 0.168 e. The van der Waals surface area contributed by atoms with Gasteiger partial charge in [-0.15, -0.1) is 5.10 Å². The SMILES string of the molecule is CN1CCCCC1c1nc2cc(C=O)ccn2n1. The van der Waals surface area contributed by atoms with E-state index in [1.165, 1.54) is 12.8 Å². The number of pyridine rings is 1. The van der Waals surface area contributed by atoms with Crippen molar-refractivity contribution in [2.45, 2.75) is 25.3 Å². The number of aromatic nitrogens is 3. The third-order valence-corrected chi connectivity index (χ3v) is 3.58. The number of carbonyl (C=O) groups excluding carboxylic acids is 1. The van der Waals surface area contributed by atoms with E-state index in [9.17, 15) is 4.79 Å². The van der Waals surface area contributed by atoms with Gasteiger partial charge < -0.3 is 0 Å². The Hall–Kier alpha value is -1.75. The molecule has 0 aliphatic carbocycles. The average molecular weight is 244 g/mol. The van der Waals surface area contributed by atoms with Crippen LogP contribution in [-0.4, -0.2) is 39.4 Å². The molecule has 5 heteroatoms. The van der Waals surface area contributed by atoms with Crippen LogP contribution in [0.15, 0.2) is 18.3 Å². The molecule has 5 nitrogen and oxygen atoms in total. The van der Waals surface area contributed by atoms with E-state index in [1.54, 1.807) is 22.8 Å². The van der Waals surface area contributed by atoms with Crippen molar-refractivity contribution in [1.82, 2.24) is 19.5 Å². The van der Waals surface area contributed by atoms with Crippen molar-refractivity contribution in [2.75, 3.05) is 13.6 Å². The van der Waals surface area contributed by atoms with Crippen molar-refractivity contribution in [2.24, 2.45) is 0 Å². The van der Waals surface area contributed by atoms with Crippen LogP contribution < -0.4 is 0 Å². The van der Waals surface area contributed by atoms with Gasteiger partial charge in [0.2, 0.25) is 0 Å². The summed E-state index contributed by atoms with van der Waals surface area (Å²) in [6, 6.07) is 3.83. The molecule has 0 radical (unpaired) electrons. The highest BCUT2D eigenvalue weighted by molar-refractivity contribution is 5.76. The summed E-state index contributed by atoms with van der Waals surface area (Å²) >= 11 is 0. The molecule has 3 rings (SSSR count). The predicted molar refractivity (Wildman–Crippen MR) is 67.6 cm³/mol. The Morgan fingerprint density at radius 2 is 2.33 bits per heavy atom. The van der Waals surface area contributed by atoms with Crippen LogP contribution in [0.25, 0.3) is 5.65 Å². The van der Waals surface area contributed by atoms with E-state index < -0.39 is 0 Å². The summed E-state index contributed by atoms with van der Waals surface area (Å²) in [5, 5.41) is 4.51. The van der Waals surface area contributed by atoms with Crippen LogP contribution in [0, 0.1) is 0 Å². The molecule has 1 unspecified atom stereocenters. The van der Waals surface area contributed by atoms with E-state index in [0.29, 0.717) is 11.6 Å². The fourth-order valence-corrected chi connectivity index (χ4v) is 2.53. The highest BCUT2D eigenvalue weighted by Crippen LogP contribution is 2.27. The van der Waals surface area contributed by atoms with E-state index >= 15 is 0 Å². The number of piperidine rings is 1. The minimum Gasteiger partial charge on any atom is -0.298 e. The van der Waals surface area contributed by atoms with Crippen molar-refractivity contribution in [3.8, 4) is 0 Å². The second-order valence-electron chi connectivity index (χ2n) is 4.84. The Balaban J connectivity index is 1.99. The number of hydrogen-bond acceptors (Lipinski definition) is 4. The first-order valence-electron chi connectivity index (χ1n) is 6.29. The molecule has 1 atom stereocenters. The zero-order valence-electron chi connectivity index (χ0n) is 10.4. The van der Waals surface area contributed by atoms with E-state index in [-0.39, 0.29) is 0 Å². The normalized spacial score (nSPS) is 21.3. The molecule has 0 saturated carbocycles. The first kappa shape index (κ1) is 11.3. The van der Waals surface area contributed by atoms with Crippen LogP contribution in [0.4, 0.5) is 0 Å². The second kappa shape index (κ2) is 4.49. The zero-order valence-corrected chi connectivity index (χ0v) is 10.4. The standard InChI is InChI=1S/C13H16N4O/c1-16-6-3-2-4-11(16)13-14-12-8-10(9-18)5-7-17(12)15-13/h5,7-9,11H,2-4,6H2,1H3. The van der Waals surface area contributed by atoms with Gasteiger partial charge in [0.05, 0.1) is 6.04 Å². The number of carbonyl (C=O) groups is 1. The topological polar surface area (TPSA) is 50.5 Å². The number of fused-ring (bicyclic) bond motifs is 1. The first-order chi connectivity index (χ1) is 8.78. The fraction of sp³-hybridized carbons (Fsp3) is 0.462. The van der Waals surface area contributed by atoms with Gasteiger partial charge in [-0.2, -0.15) is 0 Å². The Labute approximate surface area is 105 Å². The maximum atomic E-state index is 10.7. The highest BCUT2D eigenvalue weighted by atomic mass is 16.1. The minimum atomic E-state index is 0.304. The van der Waals surface area contributed by atoms with E-state index in [0.717, 1.165) is 30.7 Å². The molecule has 0 bridgehead atoms. The largest absolute Gasteiger partial charge is 0.298 e. The molecule has 1 aliphatic rings. The maximum Gasteiger partial charge on any atom is 0.168 e. The van der Waals surface area contributed by atoms with Gasteiger partial charge in [-0.3, -0.25) is 9.69 Å².